The van der Waals surface area contributed by atoms with Gasteiger partial charge in [0.1, 0.15) is 17.4 Å². The Labute approximate surface area is 96.1 Å². The maximum absolute atomic E-state index is 13.3. The Morgan fingerprint density at radius 2 is 2.06 bits per heavy atom. The molecule has 1 N–H and O–H groups in total. The molecule has 0 aliphatic heterocycles. The van der Waals surface area contributed by atoms with Crippen LogP contribution >= 0.6 is 0 Å². The molecule has 0 unspecified atom stereocenters. The summed E-state index contributed by atoms with van der Waals surface area (Å²) in [6.07, 6.45) is 1.35. The number of furan rings is 1. The van der Waals surface area contributed by atoms with Crippen molar-refractivity contribution in [2.45, 2.75) is 6.92 Å². The Bertz CT molecular complexity index is 563. The Morgan fingerprint density at radius 1 is 1.29 bits per heavy atom. The minimum atomic E-state index is -0.694. The van der Waals surface area contributed by atoms with Gasteiger partial charge in [-0.05, 0) is 25.1 Å². The van der Waals surface area contributed by atoms with Gasteiger partial charge in [0.05, 0.1) is 17.5 Å². The quantitative estimate of drug-likeness (QED) is 0.871. The second-order valence-electron chi connectivity index (χ2n) is 3.47. The zero-order chi connectivity index (χ0) is 12.4. The lowest BCUT2D eigenvalue weighted by Crippen LogP contribution is -2.13. The van der Waals surface area contributed by atoms with Crippen LogP contribution in [0.4, 0.5) is 14.5 Å². The summed E-state index contributed by atoms with van der Waals surface area (Å²) in [5, 5.41) is 2.28. The summed E-state index contributed by atoms with van der Waals surface area (Å²) >= 11 is 0. The fourth-order valence-corrected chi connectivity index (χ4v) is 1.40. The van der Waals surface area contributed by atoms with Gasteiger partial charge < -0.3 is 9.73 Å². The van der Waals surface area contributed by atoms with Gasteiger partial charge in [-0.15, -0.1) is 0 Å². The smallest absolute Gasteiger partial charge is 0.259 e. The van der Waals surface area contributed by atoms with Gasteiger partial charge in [-0.1, -0.05) is 0 Å². The highest BCUT2D eigenvalue weighted by molar-refractivity contribution is 6.04. The van der Waals surface area contributed by atoms with Crippen LogP contribution in [0.15, 0.2) is 34.9 Å². The van der Waals surface area contributed by atoms with Crippen molar-refractivity contribution in [2.24, 2.45) is 0 Å². The van der Waals surface area contributed by atoms with Crippen LogP contribution < -0.4 is 5.32 Å². The third-order valence-corrected chi connectivity index (χ3v) is 2.28. The van der Waals surface area contributed by atoms with Crippen LogP contribution in [0.25, 0.3) is 0 Å². The number of hydrogen-bond donors (Lipinski definition) is 1. The lowest BCUT2D eigenvalue weighted by atomic mass is 10.2. The van der Waals surface area contributed by atoms with Crippen LogP contribution in [-0.2, 0) is 0 Å². The van der Waals surface area contributed by atoms with Crippen molar-refractivity contribution in [3.8, 4) is 0 Å². The first-order valence-corrected chi connectivity index (χ1v) is 4.88. The average Bonchev–Trinajstić information content (AvgIpc) is 2.70. The molecule has 1 aromatic heterocycles. The topological polar surface area (TPSA) is 42.2 Å². The number of hydrogen-bond acceptors (Lipinski definition) is 2. The molecule has 0 aliphatic rings. The van der Waals surface area contributed by atoms with Crippen LogP contribution in [0.1, 0.15) is 16.1 Å². The third kappa shape index (κ3) is 2.33. The molecule has 5 heteroatoms. The minimum absolute atomic E-state index is 0.199. The summed E-state index contributed by atoms with van der Waals surface area (Å²) < 4.78 is 31.1. The molecule has 0 bridgehead atoms. The molecule has 17 heavy (non-hydrogen) atoms. The second kappa shape index (κ2) is 4.37. The predicted molar refractivity (Wildman–Crippen MR) is 57.8 cm³/mol. The van der Waals surface area contributed by atoms with E-state index in [2.05, 4.69) is 5.32 Å². The number of anilines is 1. The van der Waals surface area contributed by atoms with Crippen molar-refractivity contribution in [2.75, 3.05) is 5.32 Å². The molecule has 88 valence electrons. The number of halogens is 2. The Morgan fingerprint density at radius 3 is 2.71 bits per heavy atom. The number of benzene rings is 1. The number of carbonyl (C=O) groups is 1. The highest BCUT2D eigenvalue weighted by Crippen LogP contribution is 2.17. The summed E-state index contributed by atoms with van der Waals surface area (Å²) in [4.78, 5) is 11.7. The largest absolute Gasteiger partial charge is 0.469 e. The second-order valence-corrected chi connectivity index (χ2v) is 3.47. The van der Waals surface area contributed by atoms with E-state index in [9.17, 15) is 13.6 Å². The van der Waals surface area contributed by atoms with Crippen molar-refractivity contribution in [1.29, 1.82) is 0 Å². The van der Waals surface area contributed by atoms with E-state index in [1.54, 1.807) is 6.92 Å². The number of amides is 1. The van der Waals surface area contributed by atoms with E-state index in [1.807, 2.05) is 0 Å². The van der Waals surface area contributed by atoms with E-state index < -0.39 is 17.5 Å². The highest BCUT2D eigenvalue weighted by atomic mass is 19.1. The lowest BCUT2D eigenvalue weighted by molar-refractivity contribution is 0.102. The maximum Gasteiger partial charge on any atom is 0.259 e. The van der Waals surface area contributed by atoms with E-state index in [1.165, 1.54) is 12.3 Å². The third-order valence-electron chi connectivity index (χ3n) is 2.28. The van der Waals surface area contributed by atoms with Crippen LogP contribution in [0.3, 0.4) is 0 Å². The Balaban J connectivity index is 2.24. The van der Waals surface area contributed by atoms with Crippen molar-refractivity contribution in [3.05, 3.63) is 53.5 Å². The average molecular weight is 237 g/mol. The van der Waals surface area contributed by atoms with E-state index in [0.717, 1.165) is 18.2 Å². The van der Waals surface area contributed by atoms with Gasteiger partial charge >= 0.3 is 0 Å². The molecule has 0 atom stereocenters. The first-order chi connectivity index (χ1) is 8.08. The summed E-state index contributed by atoms with van der Waals surface area (Å²) in [6.45, 7) is 1.61. The van der Waals surface area contributed by atoms with E-state index in [0.29, 0.717) is 5.76 Å². The van der Waals surface area contributed by atoms with Gasteiger partial charge in [0, 0.05) is 6.07 Å². The summed E-state index contributed by atoms with van der Waals surface area (Å²) in [6, 6.07) is 4.31. The minimum Gasteiger partial charge on any atom is -0.469 e. The molecule has 0 radical (unpaired) electrons. The molecule has 0 saturated carbocycles. The van der Waals surface area contributed by atoms with Gasteiger partial charge in [0.15, 0.2) is 0 Å². The molecule has 0 spiro atoms. The molecule has 0 saturated heterocycles. The van der Waals surface area contributed by atoms with Gasteiger partial charge in [-0.25, -0.2) is 8.78 Å². The zero-order valence-electron chi connectivity index (χ0n) is 8.96. The van der Waals surface area contributed by atoms with Crippen LogP contribution in [-0.4, -0.2) is 5.91 Å². The fourth-order valence-electron chi connectivity index (χ4n) is 1.40. The molecule has 3 nitrogen and oxygen atoms in total. The fraction of sp³-hybridized carbons (Fsp3) is 0.0833. The normalized spacial score (nSPS) is 10.3. The molecule has 1 aromatic carbocycles. The first kappa shape index (κ1) is 11.3. The summed E-state index contributed by atoms with van der Waals surface area (Å²) in [7, 11) is 0. The van der Waals surface area contributed by atoms with Crippen LogP contribution in [0, 0.1) is 18.6 Å². The maximum atomic E-state index is 13.3. The van der Waals surface area contributed by atoms with Crippen LogP contribution in [0.5, 0.6) is 0 Å². The van der Waals surface area contributed by atoms with Crippen molar-refractivity contribution >= 4 is 11.6 Å². The predicted octanol–water partition coefficient (Wildman–Crippen LogP) is 3.12. The van der Waals surface area contributed by atoms with E-state index in [4.69, 9.17) is 4.42 Å². The number of carbonyl (C=O) groups excluding carboxylic acids is 1. The van der Waals surface area contributed by atoms with Gasteiger partial charge in [0.25, 0.3) is 5.91 Å². The highest BCUT2D eigenvalue weighted by Gasteiger charge is 2.13. The number of rotatable bonds is 2. The van der Waals surface area contributed by atoms with Crippen molar-refractivity contribution in [3.63, 3.8) is 0 Å². The lowest BCUT2D eigenvalue weighted by Gasteiger charge is -2.05. The molecule has 2 rings (SSSR count). The van der Waals surface area contributed by atoms with E-state index >= 15 is 0 Å². The standard InChI is InChI=1S/C12H9F2NO2/c1-7-9(4-5-17-7)12(16)15-11-6-8(13)2-3-10(11)14/h2-6H,1H3,(H,15,16). The molecule has 1 heterocycles. The van der Waals surface area contributed by atoms with Crippen molar-refractivity contribution < 1.29 is 18.0 Å². The molecule has 0 aliphatic carbocycles. The zero-order valence-corrected chi connectivity index (χ0v) is 8.96. The number of nitrogens with one attached hydrogen (secondary N) is 1. The Hall–Kier alpha value is -2.17. The summed E-state index contributed by atoms with van der Waals surface area (Å²) in [5.74, 6) is -1.44. The van der Waals surface area contributed by atoms with E-state index in [-0.39, 0.29) is 11.3 Å². The Kier molecular flexibility index (Phi) is 2.91. The molecule has 0 fully saturated rings. The molecule has 1 amide bonds. The van der Waals surface area contributed by atoms with Gasteiger partial charge in [-0.2, -0.15) is 0 Å². The molecule has 2 aromatic rings. The van der Waals surface area contributed by atoms with Crippen LogP contribution in [0.2, 0.25) is 0 Å². The molecular weight excluding hydrogens is 228 g/mol. The van der Waals surface area contributed by atoms with Gasteiger partial charge in [0.2, 0.25) is 0 Å². The monoisotopic (exact) mass is 237 g/mol. The molecular formula is C12H9F2NO2. The van der Waals surface area contributed by atoms with Crippen molar-refractivity contribution in [1.82, 2.24) is 0 Å². The summed E-state index contributed by atoms with van der Waals surface area (Å²) in [5.41, 5.74) is 0.0873. The first-order valence-electron chi connectivity index (χ1n) is 4.88. The number of aryl methyl sites for hydroxylation is 1. The SMILES string of the molecule is Cc1occc1C(=O)Nc1cc(F)ccc1F. The van der Waals surface area contributed by atoms with Gasteiger partial charge in [-0.3, -0.25) is 4.79 Å².